The summed E-state index contributed by atoms with van der Waals surface area (Å²) in [5.74, 6) is 0. The SMILES string of the molecule is O=[N+]([O-])O.O=[N+]([O-])O.O=[N+]([O-])O.[Dy+3]. The first-order valence-electron chi connectivity index (χ1n) is 1.70. The molecule has 0 bridgehead atoms. The monoisotopic (exact) mass is 353 g/mol. The minimum Gasteiger partial charge on any atom is -0.328 e. The fourth-order valence-electron chi connectivity index (χ4n) is 0. The molecule has 13 heavy (non-hydrogen) atoms. The van der Waals surface area contributed by atoms with Gasteiger partial charge >= 0.3 is 38.2 Å². The molecule has 1 radical (unpaired) electrons. The summed E-state index contributed by atoms with van der Waals surface area (Å²) in [6, 6.07) is 0. The maximum Gasteiger partial charge on any atom is 3.00 e. The summed E-state index contributed by atoms with van der Waals surface area (Å²) in [5, 5.41) is 40.9. The minimum atomic E-state index is -1.50. The van der Waals surface area contributed by atoms with Crippen LogP contribution >= 0.6 is 0 Å². The maximum atomic E-state index is 8.36. The normalized spacial score (nSPS) is 5.54. The smallest absolute Gasteiger partial charge is 0.328 e. The van der Waals surface area contributed by atoms with Gasteiger partial charge in [0.05, 0.1) is 0 Å². The van der Waals surface area contributed by atoms with Crippen molar-refractivity contribution in [3.63, 3.8) is 0 Å². The van der Waals surface area contributed by atoms with Crippen molar-refractivity contribution >= 4 is 0 Å². The van der Waals surface area contributed by atoms with E-state index in [-0.39, 0.29) is 38.2 Å². The molecule has 0 amide bonds. The van der Waals surface area contributed by atoms with Gasteiger partial charge in [0.25, 0.3) is 15.3 Å². The van der Waals surface area contributed by atoms with Crippen LogP contribution in [0, 0.1) is 68.5 Å². The van der Waals surface area contributed by atoms with Gasteiger partial charge in [-0.3, -0.25) is 0 Å². The molecule has 0 aliphatic rings. The van der Waals surface area contributed by atoms with Gasteiger partial charge in [0, 0.05) is 0 Å². The number of nitrogens with zero attached hydrogens (tertiary/aromatic N) is 3. The summed E-state index contributed by atoms with van der Waals surface area (Å²) in [4.78, 5) is 25.1. The Morgan fingerprint density at radius 1 is 0.692 bits per heavy atom. The first-order chi connectivity index (χ1) is 5.20. The van der Waals surface area contributed by atoms with Crippen LogP contribution in [-0.4, -0.2) is 30.9 Å². The van der Waals surface area contributed by atoms with Crippen LogP contribution in [-0.2, 0) is 0 Å². The average molecular weight is 352 g/mol. The third-order valence-corrected chi connectivity index (χ3v) is 0. The molecule has 0 fully saturated rings. The van der Waals surface area contributed by atoms with E-state index in [1.807, 2.05) is 0 Å². The van der Waals surface area contributed by atoms with Crippen LogP contribution in [0.3, 0.4) is 0 Å². The molecule has 79 valence electrons. The Hall–Kier alpha value is -1.13. The van der Waals surface area contributed by atoms with Crippen molar-refractivity contribution in [3.05, 3.63) is 30.3 Å². The molecule has 0 atom stereocenters. The van der Waals surface area contributed by atoms with E-state index in [0.29, 0.717) is 0 Å². The predicted molar refractivity (Wildman–Crippen MR) is 26.3 cm³/mol. The summed E-state index contributed by atoms with van der Waals surface area (Å²) < 4.78 is 0. The predicted octanol–water partition coefficient (Wildman–Crippen LogP) is -1.04. The Kier molecular flexibility index (Phi) is 29.8. The van der Waals surface area contributed by atoms with E-state index < -0.39 is 15.3 Å². The van der Waals surface area contributed by atoms with Crippen molar-refractivity contribution in [3.8, 4) is 0 Å². The summed E-state index contributed by atoms with van der Waals surface area (Å²) in [7, 11) is 0. The molecule has 0 aromatic rings. The van der Waals surface area contributed by atoms with E-state index in [1.165, 1.54) is 0 Å². The van der Waals surface area contributed by atoms with Crippen molar-refractivity contribution in [1.29, 1.82) is 0 Å². The fraction of sp³-hybridized carbons (Fsp3) is 0. The second kappa shape index (κ2) is 17.1. The second-order valence-corrected chi connectivity index (χ2v) is 0.714. The molecule has 3 N–H and O–H groups in total. The van der Waals surface area contributed by atoms with Crippen LogP contribution in [0.4, 0.5) is 0 Å². The first kappa shape index (κ1) is 22.6. The van der Waals surface area contributed by atoms with Crippen molar-refractivity contribution in [1.82, 2.24) is 0 Å². The van der Waals surface area contributed by atoms with Gasteiger partial charge in [-0.2, -0.15) is 0 Å². The summed E-state index contributed by atoms with van der Waals surface area (Å²) in [5.41, 5.74) is 0. The van der Waals surface area contributed by atoms with Gasteiger partial charge in [-0.05, 0) is 0 Å². The molecule has 13 heteroatoms. The van der Waals surface area contributed by atoms with E-state index >= 15 is 0 Å². The number of hydrogen-bond acceptors (Lipinski definition) is 6. The average Bonchev–Trinajstić information content (AvgIpc) is 1.54. The Bertz CT molecular complexity index is 112. The van der Waals surface area contributed by atoms with E-state index in [0.717, 1.165) is 0 Å². The van der Waals surface area contributed by atoms with Gasteiger partial charge in [0.15, 0.2) is 0 Å². The Labute approximate surface area is 99.1 Å². The maximum absolute atomic E-state index is 8.36. The molecule has 0 aliphatic carbocycles. The summed E-state index contributed by atoms with van der Waals surface area (Å²) >= 11 is 0. The van der Waals surface area contributed by atoms with E-state index in [1.54, 1.807) is 0 Å². The molecule has 0 rings (SSSR count). The van der Waals surface area contributed by atoms with Gasteiger partial charge in [-0.1, -0.05) is 0 Å². The molecule has 0 spiro atoms. The van der Waals surface area contributed by atoms with Gasteiger partial charge in [0.2, 0.25) is 0 Å². The van der Waals surface area contributed by atoms with Crippen LogP contribution in [0.5, 0.6) is 0 Å². The van der Waals surface area contributed by atoms with Crippen LogP contribution in [0.1, 0.15) is 0 Å². The molecule has 0 aliphatic heterocycles. The fourth-order valence-corrected chi connectivity index (χ4v) is 0. The zero-order valence-corrected chi connectivity index (χ0v) is 7.48. The largest absolute Gasteiger partial charge is 3.00 e. The summed E-state index contributed by atoms with van der Waals surface area (Å²) in [6.07, 6.45) is 0. The molecule has 0 saturated heterocycles. The van der Waals surface area contributed by atoms with Crippen molar-refractivity contribution < 1.29 is 69.1 Å². The minimum absolute atomic E-state index is 0. The molecule has 0 aromatic heterocycles. The second-order valence-electron chi connectivity index (χ2n) is 0.714. The van der Waals surface area contributed by atoms with Gasteiger partial charge in [-0.25, -0.2) is 0 Å². The third kappa shape index (κ3) is 674. The van der Waals surface area contributed by atoms with Crippen LogP contribution in [0.2, 0.25) is 0 Å². The van der Waals surface area contributed by atoms with Crippen molar-refractivity contribution in [2.75, 3.05) is 0 Å². The zero-order chi connectivity index (χ0) is 10.7. The van der Waals surface area contributed by atoms with Crippen molar-refractivity contribution in [2.45, 2.75) is 0 Å². The van der Waals surface area contributed by atoms with Crippen LogP contribution in [0.15, 0.2) is 0 Å². The van der Waals surface area contributed by atoms with Crippen LogP contribution < -0.4 is 0 Å². The Morgan fingerprint density at radius 2 is 0.692 bits per heavy atom. The summed E-state index contributed by atoms with van der Waals surface area (Å²) in [6.45, 7) is 0. The number of hydrogen-bond donors (Lipinski definition) is 3. The molecular formula is H3DyN3O9+3. The molecule has 12 nitrogen and oxygen atoms in total. The Balaban J connectivity index is -0.0000000450. The zero-order valence-electron chi connectivity index (χ0n) is 5.45. The standard InChI is InChI=1S/Dy.3HNO3/c;3*2-1(3)4/h;3*(H,2,3,4)/q+3;;;. The first-order valence-corrected chi connectivity index (χ1v) is 1.70. The molecule has 0 heterocycles. The topological polar surface area (TPSA) is 190 Å². The van der Waals surface area contributed by atoms with Crippen molar-refractivity contribution in [2.24, 2.45) is 0 Å². The number of rotatable bonds is 0. The Morgan fingerprint density at radius 3 is 0.692 bits per heavy atom. The van der Waals surface area contributed by atoms with Gasteiger partial charge in [0.1, 0.15) is 0 Å². The quantitative estimate of drug-likeness (QED) is 0.361. The molecular weight excluding hydrogens is 349 g/mol. The third-order valence-electron chi connectivity index (χ3n) is 0. The van der Waals surface area contributed by atoms with Gasteiger partial charge < -0.3 is 15.6 Å². The molecule has 0 aromatic carbocycles. The van der Waals surface area contributed by atoms with E-state index in [4.69, 9.17) is 46.0 Å². The van der Waals surface area contributed by atoms with Crippen LogP contribution in [0.25, 0.3) is 0 Å². The molecule has 0 saturated carbocycles. The molecule has 0 unspecified atom stereocenters. The van der Waals surface area contributed by atoms with E-state index in [2.05, 4.69) is 0 Å². The van der Waals surface area contributed by atoms with Gasteiger partial charge in [-0.15, -0.1) is 30.3 Å². The van der Waals surface area contributed by atoms with E-state index in [9.17, 15) is 0 Å².